The van der Waals surface area contributed by atoms with Gasteiger partial charge in [-0.3, -0.25) is 0 Å². The average Bonchev–Trinajstić information content (AvgIpc) is 2.68. The quantitative estimate of drug-likeness (QED) is 0.537. The molecule has 148 valence electrons. The van der Waals surface area contributed by atoms with Crippen molar-refractivity contribution in [2.75, 3.05) is 0 Å². The summed E-state index contributed by atoms with van der Waals surface area (Å²) in [4.78, 5) is 0. The van der Waals surface area contributed by atoms with Crippen molar-refractivity contribution in [3.63, 3.8) is 0 Å². The number of hydrogen-bond donors (Lipinski definition) is 1. The lowest BCUT2D eigenvalue weighted by atomic mass is 9.86. The van der Waals surface area contributed by atoms with Gasteiger partial charge in [-0.1, -0.05) is 91.6 Å². The van der Waals surface area contributed by atoms with Gasteiger partial charge < -0.3 is 5.11 Å². The molecule has 1 aliphatic carbocycles. The zero-order valence-corrected chi connectivity index (χ0v) is 18.6. The Bertz CT molecular complexity index is 813. The lowest BCUT2D eigenvalue weighted by Gasteiger charge is -2.33. The summed E-state index contributed by atoms with van der Waals surface area (Å²) in [5.74, 6) is 0. The molecule has 2 heteroatoms. The predicted molar refractivity (Wildman–Crippen MR) is 124 cm³/mol. The summed E-state index contributed by atoms with van der Waals surface area (Å²) in [6.07, 6.45) is 8.50. The van der Waals surface area contributed by atoms with Crippen molar-refractivity contribution in [1.29, 1.82) is 0 Å². The van der Waals surface area contributed by atoms with E-state index in [0.29, 0.717) is 0 Å². The van der Waals surface area contributed by atoms with Crippen LogP contribution in [0, 0.1) is 0 Å². The van der Waals surface area contributed by atoms with Gasteiger partial charge in [-0.25, -0.2) is 0 Å². The topological polar surface area (TPSA) is 20.2 Å². The van der Waals surface area contributed by atoms with Crippen molar-refractivity contribution in [2.24, 2.45) is 0 Å². The molecule has 2 aromatic carbocycles. The molecular weight excluding hydrogens is 356 g/mol. The molecule has 1 N–H and O–H groups in total. The lowest BCUT2D eigenvalue weighted by Crippen LogP contribution is -2.35. The Hall–Kier alpha value is -1.90. The van der Waals surface area contributed by atoms with Crippen LogP contribution in [-0.2, 0) is 6.42 Å². The predicted octanol–water partition coefficient (Wildman–Crippen LogP) is 6.81. The average molecular weight is 391 g/mol. The zero-order chi connectivity index (χ0) is 20.0. The summed E-state index contributed by atoms with van der Waals surface area (Å²) in [6, 6.07) is 21.2. The molecule has 0 spiro atoms. The number of allylic oxidation sites excluding steroid dienone is 2. The van der Waals surface area contributed by atoms with Crippen LogP contribution in [0.25, 0.3) is 6.08 Å². The Morgan fingerprint density at radius 2 is 1.54 bits per heavy atom. The minimum Gasteiger partial charge on any atom is -0.389 e. The highest BCUT2D eigenvalue weighted by atomic mass is 28.3. The Morgan fingerprint density at radius 3 is 2.18 bits per heavy atom. The first-order valence-corrected chi connectivity index (χ1v) is 14.2. The smallest absolute Gasteiger partial charge is 0.0761 e. The molecule has 0 saturated heterocycles. The first-order valence-electron chi connectivity index (χ1n) is 10.7. The summed E-state index contributed by atoms with van der Waals surface area (Å²) < 4.78 is 0. The molecule has 1 fully saturated rings. The van der Waals surface area contributed by atoms with Crippen molar-refractivity contribution < 1.29 is 5.11 Å². The third-order valence-corrected chi connectivity index (χ3v) is 7.92. The van der Waals surface area contributed by atoms with Gasteiger partial charge in [-0.05, 0) is 60.8 Å². The first kappa shape index (κ1) is 20.8. The molecule has 1 atom stereocenters. The van der Waals surface area contributed by atoms with Gasteiger partial charge in [0.25, 0.3) is 0 Å². The zero-order valence-electron chi connectivity index (χ0n) is 17.6. The van der Waals surface area contributed by atoms with E-state index in [9.17, 15) is 5.11 Å². The Morgan fingerprint density at radius 1 is 0.929 bits per heavy atom. The second-order valence-corrected chi connectivity index (χ2v) is 14.0. The molecule has 1 nitrogen and oxygen atoms in total. The van der Waals surface area contributed by atoms with Gasteiger partial charge in [-0.2, -0.15) is 0 Å². The fourth-order valence-electron chi connectivity index (χ4n) is 4.39. The highest BCUT2D eigenvalue weighted by Gasteiger charge is 2.30. The van der Waals surface area contributed by atoms with E-state index in [0.717, 1.165) is 25.7 Å². The van der Waals surface area contributed by atoms with Crippen molar-refractivity contribution in [2.45, 2.75) is 64.3 Å². The summed E-state index contributed by atoms with van der Waals surface area (Å²) >= 11 is 0. The van der Waals surface area contributed by atoms with Gasteiger partial charge in [0.2, 0.25) is 0 Å². The Balaban J connectivity index is 1.92. The standard InChI is InChI=1S/C26H34OSi/c1-28(2,3)26(25(27)19-18-21-12-6-4-7-13-21)24-17-11-10-16-23(24)20-22-14-8-5-9-15-22/h4-9,12-15,20,25,27H,10-11,16-19H2,1-3H3/b23-20+,26-24-. The summed E-state index contributed by atoms with van der Waals surface area (Å²) in [5, 5.41) is 12.7. The van der Waals surface area contributed by atoms with E-state index in [1.807, 2.05) is 0 Å². The lowest BCUT2D eigenvalue weighted by molar-refractivity contribution is 0.205. The summed E-state index contributed by atoms with van der Waals surface area (Å²) in [5.41, 5.74) is 5.50. The Kier molecular flexibility index (Phi) is 7.09. The maximum absolute atomic E-state index is 11.3. The SMILES string of the molecule is C[Si](C)(C)/C(=C1/CCCC/C1=C\c1ccccc1)C(O)CCc1ccccc1. The number of hydrogen-bond acceptors (Lipinski definition) is 1. The minimum absolute atomic E-state index is 0.334. The van der Waals surface area contributed by atoms with Crippen LogP contribution in [-0.4, -0.2) is 19.3 Å². The van der Waals surface area contributed by atoms with Gasteiger partial charge >= 0.3 is 0 Å². The number of aryl methyl sites for hydroxylation is 1. The van der Waals surface area contributed by atoms with Crippen LogP contribution in [0.1, 0.15) is 43.2 Å². The maximum atomic E-state index is 11.3. The summed E-state index contributed by atoms with van der Waals surface area (Å²) in [7, 11) is -1.65. The number of benzene rings is 2. The normalized spacial score (nSPS) is 19.5. The molecule has 2 aromatic rings. The number of aliphatic hydroxyl groups is 1. The Labute approximate surface area is 171 Å². The highest BCUT2D eigenvalue weighted by Crippen LogP contribution is 2.37. The van der Waals surface area contributed by atoms with Crippen molar-refractivity contribution >= 4 is 14.1 Å². The molecule has 1 saturated carbocycles. The van der Waals surface area contributed by atoms with Crippen LogP contribution in [0.5, 0.6) is 0 Å². The fraction of sp³-hybridized carbons (Fsp3) is 0.385. The van der Waals surface area contributed by atoms with E-state index in [1.165, 1.54) is 40.3 Å². The van der Waals surface area contributed by atoms with Gasteiger partial charge in [-0.15, -0.1) is 0 Å². The maximum Gasteiger partial charge on any atom is 0.0761 e. The molecule has 1 aliphatic rings. The van der Waals surface area contributed by atoms with Crippen LogP contribution >= 0.6 is 0 Å². The molecule has 0 amide bonds. The van der Waals surface area contributed by atoms with E-state index in [2.05, 4.69) is 86.4 Å². The van der Waals surface area contributed by atoms with Gasteiger partial charge in [0.05, 0.1) is 14.2 Å². The van der Waals surface area contributed by atoms with Gasteiger partial charge in [0.1, 0.15) is 0 Å². The molecule has 0 bridgehead atoms. The van der Waals surface area contributed by atoms with Crippen molar-refractivity contribution in [3.05, 3.63) is 88.1 Å². The highest BCUT2D eigenvalue weighted by molar-refractivity contribution is 6.83. The third-order valence-electron chi connectivity index (χ3n) is 5.67. The van der Waals surface area contributed by atoms with Crippen LogP contribution in [0.15, 0.2) is 77.0 Å². The van der Waals surface area contributed by atoms with Crippen molar-refractivity contribution in [1.82, 2.24) is 0 Å². The number of rotatable bonds is 6. The van der Waals surface area contributed by atoms with Crippen LogP contribution in [0.2, 0.25) is 19.6 Å². The molecule has 28 heavy (non-hydrogen) atoms. The molecule has 0 aliphatic heterocycles. The molecule has 3 rings (SSSR count). The molecule has 1 unspecified atom stereocenters. The van der Waals surface area contributed by atoms with E-state index >= 15 is 0 Å². The van der Waals surface area contributed by atoms with Crippen LogP contribution in [0.4, 0.5) is 0 Å². The van der Waals surface area contributed by atoms with Crippen LogP contribution < -0.4 is 0 Å². The van der Waals surface area contributed by atoms with E-state index < -0.39 is 8.07 Å². The first-order chi connectivity index (χ1) is 13.4. The second kappa shape index (κ2) is 9.53. The minimum atomic E-state index is -1.65. The monoisotopic (exact) mass is 390 g/mol. The molecular formula is C26H34OSi. The number of aliphatic hydroxyl groups excluding tert-OH is 1. The largest absolute Gasteiger partial charge is 0.389 e. The summed E-state index contributed by atoms with van der Waals surface area (Å²) in [6.45, 7) is 7.15. The molecule has 0 aromatic heterocycles. The third kappa shape index (κ3) is 5.56. The van der Waals surface area contributed by atoms with E-state index in [-0.39, 0.29) is 6.10 Å². The van der Waals surface area contributed by atoms with Gasteiger partial charge in [0, 0.05) is 0 Å². The second-order valence-electron chi connectivity index (χ2n) is 8.97. The van der Waals surface area contributed by atoms with Crippen LogP contribution in [0.3, 0.4) is 0 Å². The van der Waals surface area contributed by atoms with E-state index in [1.54, 1.807) is 0 Å². The molecule has 0 heterocycles. The fourth-order valence-corrected chi connectivity index (χ4v) is 6.73. The molecule has 0 radical (unpaired) electrons. The van der Waals surface area contributed by atoms with E-state index in [4.69, 9.17) is 0 Å². The van der Waals surface area contributed by atoms with Crippen molar-refractivity contribution in [3.8, 4) is 0 Å². The van der Waals surface area contributed by atoms with Gasteiger partial charge in [0.15, 0.2) is 0 Å².